The molecule has 2 aromatic carbocycles. The summed E-state index contributed by atoms with van der Waals surface area (Å²) in [6, 6.07) is 14.1. The van der Waals surface area contributed by atoms with Gasteiger partial charge in [0.2, 0.25) is 21.8 Å². The fourth-order valence-electron chi connectivity index (χ4n) is 4.69. The van der Waals surface area contributed by atoms with Gasteiger partial charge < -0.3 is 10.2 Å². The first kappa shape index (κ1) is 27.6. The van der Waals surface area contributed by atoms with Gasteiger partial charge in [0.15, 0.2) is 0 Å². The van der Waals surface area contributed by atoms with Crippen molar-refractivity contribution >= 4 is 27.5 Å². The third-order valence-corrected chi connectivity index (χ3v) is 7.74. The van der Waals surface area contributed by atoms with E-state index in [-0.39, 0.29) is 24.2 Å². The Morgan fingerprint density at radius 1 is 1.06 bits per heavy atom. The highest BCUT2D eigenvalue weighted by molar-refractivity contribution is 7.92. The number of carbonyl (C=O) groups is 2. The maximum atomic E-state index is 13.9. The normalized spacial score (nSPS) is 15.2. The molecule has 1 fully saturated rings. The van der Waals surface area contributed by atoms with Gasteiger partial charge in [-0.25, -0.2) is 12.8 Å². The number of rotatable bonds is 11. The largest absolute Gasteiger partial charge is 0.352 e. The minimum absolute atomic E-state index is 0.0635. The van der Waals surface area contributed by atoms with Gasteiger partial charge in [0.05, 0.1) is 11.9 Å². The topological polar surface area (TPSA) is 86.8 Å². The Hall–Kier alpha value is -2.94. The summed E-state index contributed by atoms with van der Waals surface area (Å²) < 4.78 is 39.9. The molecule has 0 bridgehead atoms. The molecule has 1 aliphatic rings. The molecule has 0 saturated heterocycles. The van der Waals surface area contributed by atoms with E-state index in [4.69, 9.17) is 0 Å². The zero-order valence-corrected chi connectivity index (χ0v) is 21.8. The van der Waals surface area contributed by atoms with Crippen LogP contribution in [0.5, 0.6) is 0 Å². The van der Waals surface area contributed by atoms with E-state index < -0.39 is 34.3 Å². The van der Waals surface area contributed by atoms with Crippen LogP contribution in [-0.4, -0.2) is 56.6 Å². The maximum Gasteiger partial charge on any atom is 0.244 e. The molecule has 0 heterocycles. The third kappa shape index (κ3) is 7.78. The van der Waals surface area contributed by atoms with Gasteiger partial charge >= 0.3 is 0 Å². The fourth-order valence-corrected chi connectivity index (χ4v) is 5.53. The van der Waals surface area contributed by atoms with Gasteiger partial charge in [-0.1, -0.05) is 62.6 Å². The number of benzene rings is 2. The molecule has 2 aromatic rings. The van der Waals surface area contributed by atoms with Crippen LogP contribution in [0.2, 0.25) is 0 Å². The molecule has 0 aromatic heterocycles. The first-order valence-electron chi connectivity index (χ1n) is 12.6. The molecule has 36 heavy (non-hydrogen) atoms. The van der Waals surface area contributed by atoms with Crippen LogP contribution in [0.25, 0.3) is 0 Å². The number of carbonyl (C=O) groups excluding carboxylic acids is 2. The molecule has 2 amide bonds. The van der Waals surface area contributed by atoms with Crippen molar-refractivity contribution in [3.8, 4) is 0 Å². The first-order valence-corrected chi connectivity index (χ1v) is 14.4. The first-order chi connectivity index (χ1) is 17.2. The lowest BCUT2D eigenvalue weighted by molar-refractivity contribution is -0.140. The van der Waals surface area contributed by atoms with Crippen molar-refractivity contribution in [2.45, 2.75) is 64.0 Å². The summed E-state index contributed by atoms with van der Waals surface area (Å²) in [5.74, 6) is -1.33. The summed E-state index contributed by atoms with van der Waals surface area (Å²) in [6.07, 6.45) is 7.00. The molecule has 196 valence electrons. The van der Waals surface area contributed by atoms with E-state index in [9.17, 15) is 22.4 Å². The van der Waals surface area contributed by atoms with Crippen LogP contribution in [0.3, 0.4) is 0 Å². The molecular weight excluding hydrogens is 481 g/mol. The van der Waals surface area contributed by atoms with Crippen LogP contribution < -0.4 is 9.62 Å². The van der Waals surface area contributed by atoms with Gasteiger partial charge in [-0.15, -0.1) is 0 Å². The van der Waals surface area contributed by atoms with Crippen LogP contribution in [0, 0.1) is 5.82 Å². The van der Waals surface area contributed by atoms with E-state index in [2.05, 4.69) is 5.32 Å². The van der Waals surface area contributed by atoms with Crippen molar-refractivity contribution in [3.05, 3.63) is 66.0 Å². The number of hydrogen-bond acceptors (Lipinski definition) is 4. The Morgan fingerprint density at radius 3 is 2.36 bits per heavy atom. The number of nitrogens with one attached hydrogen (secondary N) is 1. The molecule has 3 rings (SSSR count). The Bertz CT molecular complexity index is 1120. The van der Waals surface area contributed by atoms with Gasteiger partial charge in [0, 0.05) is 12.6 Å². The summed E-state index contributed by atoms with van der Waals surface area (Å²) in [6.45, 7) is 1.57. The van der Waals surface area contributed by atoms with Crippen LogP contribution >= 0.6 is 0 Å². The van der Waals surface area contributed by atoms with Gasteiger partial charge in [-0.2, -0.15) is 0 Å². The van der Waals surface area contributed by atoms with Crippen molar-refractivity contribution in [3.63, 3.8) is 0 Å². The van der Waals surface area contributed by atoms with Crippen LogP contribution in [0.15, 0.2) is 54.6 Å². The SMILES string of the molecule is CC[C@@H](C(=O)NC1CCCCC1)N(CCc1ccccc1)C(=O)CN(c1cccc(F)c1)S(C)(=O)=O. The van der Waals surface area contributed by atoms with Crippen molar-refractivity contribution < 1.29 is 22.4 Å². The summed E-state index contributed by atoms with van der Waals surface area (Å²) >= 11 is 0. The number of sulfonamides is 1. The Balaban J connectivity index is 1.85. The van der Waals surface area contributed by atoms with Crippen molar-refractivity contribution in [1.82, 2.24) is 10.2 Å². The van der Waals surface area contributed by atoms with E-state index in [1.165, 1.54) is 23.1 Å². The minimum atomic E-state index is -3.89. The summed E-state index contributed by atoms with van der Waals surface area (Å²) in [5.41, 5.74) is 1.07. The second-order valence-electron chi connectivity index (χ2n) is 9.34. The van der Waals surface area contributed by atoms with Crippen molar-refractivity contribution in [2.24, 2.45) is 0 Å². The van der Waals surface area contributed by atoms with Gasteiger partial charge in [-0.3, -0.25) is 13.9 Å². The highest BCUT2D eigenvalue weighted by Crippen LogP contribution is 2.21. The third-order valence-electron chi connectivity index (χ3n) is 6.60. The molecule has 0 unspecified atom stereocenters. The summed E-state index contributed by atoms with van der Waals surface area (Å²) in [4.78, 5) is 28.4. The lowest BCUT2D eigenvalue weighted by Gasteiger charge is -2.34. The molecule has 0 spiro atoms. The second kappa shape index (κ2) is 12.9. The zero-order chi connectivity index (χ0) is 26.1. The van der Waals surface area contributed by atoms with E-state index in [0.29, 0.717) is 12.8 Å². The number of nitrogens with zero attached hydrogens (tertiary/aromatic N) is 2. The molecule has 0 radical (unpaired) electrons. The Labute approximate surface area is 213 Å². The molecule has 1 aliphatic carbocycles. The van der Waals surface area contributed by atoms with E-state index in [1.54, 1.807) is 0 Å². The highest BCUT2D eigenvalue weighted by atomic mass is 32.2. The number of amides is 2. The second-order valence-corrected chi connectivity index (χ2v) is 11.2. The Morgan fingerprint density at radius 2 is 1.75 bits per heavy atom. The summed E-state index contributed by atoms with van der Waals surface area (Å²) in [7, 11) is -3.89. The predicted octanol–water partition coefficient (Wildman–Crippen LogP) is 3.89. The predicted molar refractivity (Wildman–Crippen MR) is 140 cm³/mol. The maximum absolute atomic E-state index is 13.9. The Kier molecular flexibility index (Phi) is 9.87. The van der Waals surface area contributed by atoms with Crippen molar-refractivity contribution in [2.75, 3.05) is 23.7 Å². The highest BCUT2D eigenvalue weighted by Gasteiger charge is 2.32. The van der Waals surface area contributed by atoms with Crippen molar-refractivity contribution in [1.29, 1.82) is 0 Å². The van der Waals surface area contributed by atoms with Crippen LogP contribution in [-0.2, 0) is 26.0 Å². The van der Waals surface area contributed by atoms with Gasteiger partial charge in [0.25, 0.3) is 0 Å². The van der Waals surface area contributed by atoms with E-state index >= 15 is 0 Å². The molecule has 1 atom stereocenters. The van der Waals surface area contributed by atoms with Crippen LogP contribution in [0.4, 0.5) is 10.1 Å². The van der Waals surface area contributed by atoms with Crippen LogP contribution in [0.1, 0.15) is 51.0 Å². The zero-order valence-electron chi connectivity index (χ0n) is 21.0. The quantitative estimate of drug-likeness (QED) is 0.490. The molecule has 9 heteroatoms. The van der Waals surface area contributed by atoms with E-state index in [1.807, 2.05) is 37.3 Å². The molecule has 1 N–H and O–H groups in total. The number of anilines is 1. The van der Waals surface area contributed by atoms with Gasteiger partial charge in [-0.05, 0) is 49.4 Å². The lowest BCUT2D eigenvalue weighted by Crippen LogP contribution is -2.54. The number of hydrogen-bond donors (Lipinski definition) is 1. The smallest absolute Gasteiger partial charge is 0.244 e. The molecular formula is C27H36FN3O4S. The van der Waals surface area contributed by atoms with E-state index in [0.717, 1.165) is 54.3 Å². The summed E-state index contributed by atoms with van der Waals surface area (Å²) in [5, 5.41) is 3.11. The minimum Gasteiger partial charge on any atom is -0.352 e. The average Bonchev–Trinajstić information content (AvgIpc) is 2.85. The van der Waals surface area contributed by atoms with Gasteiger partial charge in [0.1, 0.15) is 18.4 Å². The molecule has 1 saturated carbocycles. The molecule has 7 nitrogen and oxygen atoms in total. The number of halogens is 1. The fraction of sp³-hybridized carbons (Fsp3) is 0.481. The monoisotopic (exact) mass is 517 g/mol. The average molecular weight is 518 g/mol. The standard InChI is InChI=1S/C27H36FN3O4S/c1-3-25(27(33)29-23-14-8-5-9-15-23)30(18-17-21-11-6-4-7-12-21)26(32)20-31(36(2,34)35)24-16-10-13-22(28)19-24/h4,6-7,10-13,16,19,23,25H,3,5,8-9,14-15,17-18,20H2,1-2H3,(H,29,33)/t25-/m0/s1. The molecule has 0 aliphatic heterocycles. The lowest BCUT2D eigenvalue weighted by atomic mass is 9.95.